The Balaban J connectivity index is 0.000000191. The van der Waals surface area contributed by atoms with E-state index >= 15 is 0 Å². The van der Waals surface area contributed by atoms with Crippen LogP contribution in [0.2, 0.25) is 0 Å². The molecule has 3 aromatic rings. The molecule has 0 saturated heterocycles. The zero-order valence-corrected chi connectivity index (χ0v) is 24.4. The van der Waals surface area contributed by atoms with Gasteiger partial charge in [0.25, 0.3) is 5.56 Å². The van der Waals surface area contributed by atoms with E-state index in [-0.39, 0.29) is 37.1 Å². The van der Waals surface area contributed by atoms with Crippen LogP contribution in [0.1, 0.15) is 62.6 Å². The summed E-state index contributed by atoms with van der Waals surface area (Å²) in [5.41, 5.74) is 1.81. The van der Waals surface area contributed by atoms with Gasteiger partial charge in [-0.2, -0.15) is 5.01 Å². The zero-order valence-electron chi connectivity index (χ0n) is 23.6. The van der Waals surface area contributed by atoms with Crippen molar-refractivity contribution >= 4 is 34.5 Å². The highest BCUT2D eigenvalue weighted by Crippen LogP contribution is 2.38. The van der Waals surface area contributed by atoms with Crippen LogP contribution in [0, 0.1) is 10.8 Å². The minimum atomic E-state index is -1.79. The normalized spacial score (nSPS) is 22.1. The molecule has 1 unspecified atom stereocenters. The molecule has 42 heavy (non-hydrogen) atoms. The summed E-state index contributed by atoms with van der Waals surface area (Å²) in [7, 11) is 0. The SMILES string of the molecule is CC1CCC(NC(=O)N(CCCl)N=O)CC1.CCC1(O)C(=O)OCc2c1cc1n(c2=O)Cc2cc3ccccc3nc2-1. The largest absolute Gasteiger partial charge is 0.458 e. The summed E-state index contributed by atoms with van der Waals surface area (Å²) in [5.74, 6) is 0.235. The van der Waals surface area contributed by atoms with E-state index in [1.807, 2.05) is 30.3 Å². The Bertz CT molecular complexity index is 1580. The van der Waals surface area contributed by atoms with Crippen molar-refractivity contribution in [2.75, 3.05) is 12.4 Å². The van der Waals surface area contributed by atoms with Crippen LogP contribution in [0.3, 0.4) is 0 Å². The number of alkyl halides is 1. The maximum Gasteiger partial charge on any atom is 0.343 e. The molecule has 2 aliphatic heterocycles. The summed E-state index contributed by atoms with van der Waals surface area (Å²) in [5, 5.41) is 18.1. The van der Waals surface area contributed by atoms with Crippen molar-refractivity contribution in [1.82, 2.24) is 19.9 Å². The van der Waals surface area contributed by atoms with Crippen molar-refractivity contribution in [3.63, 3.8) is 0 Å². The Morgan fingerprint density at radius 1 is 1.24 bits per heavy atom. The Labute approximate surface area is 247 Å². The molecule has 6 rings (SSSR count). The number of carbonyl (C=O) groups excluding carboxylic acids is 2. The molecule has 11 nitrogen and oxygen atoms in total. The number of halogens is 1. The molecule has 0 radical (unpaired) electrons. The molecule has 1 aliphatic carbocycles. The average molecular weight is 596 g/mol. The number of amides is 2. The van der Waals surface area contributed by atoms with Crippen LogP contribution in [0.4, 0.5) is 4.79 Å². The Kier molecular flexibility index (Phi) is 8.60. The number of urea groups is 1. The highest BCUT2D eigenvalue weighted by atomic mass is 35.5. The third-order valence-electron chi connectivity index (χ3n) is 8.39. The van der Waals surface area contributed by atoms with Crippen LogP contribution in [-0.4, -0.2) is 50.1 Å². The summed E-state index contributed by atoms with van der Waals surface area (Å²) >= 11 is 5.46. The number of para-hydroxylation sites is 1. The molecule has 2 N–H and O–H groups in total. The number of nitrogens with one attached hydrogen (secondary N) is 1. The fourth-order valence-corrected chi connectivity index (χ4v) is 6.00. The molecule has 0 spiro atoms. The molecule has 222 valence electrons. The van der Waals surface area contributed by atoms with Gasteiger partial charge in [0, 0.05) is 28.4 Å². The number of aromatic nitrogens is 2. The maximum atomic E-state index is 13.0. The van der Waals surface area contributed by atoms with Gasteiger partial charge in [-0.1, -0.05) is 32.0 Å². The average Bonchev–Trinajstić information content (AvgIpc) is 3.36. The standard InChI is InChI=1S/C20H16N2O4.C10H18ClN3O2/c1-2-20(25)14-8-16-17-12(7-11-5-3-4-6-15(11)21-17)9-22(16)18(23)13(14)10-26-19(20)24;1-8-2-4-9(5-3-8)12-10(15)14(13-16)7-6-11/h3-8,25H,2,9-10H2,1H3;8-9H,2-7H2,1H3,(H,12,15). The molecular formula is C30H34ClN5O6. The van der Waals surface area contributed by atoms with Gasteiger partial charge in [0.15, 0.2) is 5.60 Å². The second-order valence-electron chi connectivity index (χ2n) is 11.1. The van der Waals surface area contributed by atoms with Gasteiger partial charge in [0.05, 0.1) is 40.8 Å². The number of hydrogen-bond donors (Lipinski definition) is 2. The van der Waals surface area contributed by atoms with Gasteiger partial charge in [-0.05, 0) is 56.2 Å². The van der Waals surface area contributed by atoms with Crippen LogP contribution in [-0.2, 0) is 28.3 Å². The summed E-state index contributed by atoms with van der Waals surface area (Å²) in [6.07, 6.45) is 4.32. The molecule has 4 heterocycles. The van der Waals surface area contributed by atoms with Crippen molar-refractivity contribution in [2.45, 2.75) is 70.7 Å². The summed E-state index contributed by atoms with van der Waals surface area (Å²) in [6.45, 7) is 4.38. The van der Waals surface area contributed by atoms with E-state index in [0.29, 0.717) is 23.4 Å². The summed E-state index contributed by atoms with van der Waals surface area (Å²) in [4.78, 5) is 51.8. The van der Waals surface area contributed by atoms with Crippen LogP contribution < -0.4 is 10.9 Å². The number of hydrogen-bond acceptors (Lipinski definition) is 8. The first kappa shape index (κ1) is 29.7. The van der Waals surface area contributed by atoms with E-state index < -0.39 is 17.6 Å². The lowest BCUT2D eigenvalue weighted by atomic mass is 9.86. The topological polar surface area (TPSA) is 143 Å². The molecule has 2 aromatic heterocycles. The van der Waals surface area contributed by atoms with E-state index in [1.165, 1.54) is 0 Å². The Morgan fingerprint density at radius 3 is 2.67 bits per heavy atom. The second kappa shape index (κ2) is 12.2. The number of carbonyl (C=O) groups is 2. The third-order valence-corrected chi connectivity index (χ3v) is 8.56. The van der Waals surface area contributed by atoms with E-state index in [0.717, 1.165) is 58.8 Å². The van der Waals surface area contributed by atoms with Crippen LogP contribution in [0.15, 0.2) is 46.5 Å². The highest BCUT2D eigenvalue weighted by Gasteiger charge is 2.45. The van der Waals surface area contributed by atoms with Crippen molar-refractivity contribution in [3.8, 4) is 11.4 Å². The zero-order chi connectivity index (χ0) is 30.0. The molecule has 3 aliphatic rings. The lowest BCUT2D eigenvalue weighted by Gasteiger charge is -2.31. The van der Waals surface area contributed by atoms with Gasteiger partial charge in [-0.3, -0.25) is 4.79 Å². The molecule has 1 fully saturated rings. The molecule has 1 aromatic carbocycles. The fraction of sp³-hybridized carbons (Fsp3) is 0.467. The quantitative estimate of drug-likeness (QED) is 0.149. The predicted octanol–water partition coefficient (Wildman–Crippen LogP) is 4.58. The van der Waals surface area contributed by atoms with Crippen molar-refractivity contribution in [1.29, 1.82) is 0 Å². The second-order valence-corrected chi connectivity index (χ2v) is 11.5. The summed E-state index contributed by atoms with van der Waals surface area (Å²) < 4.78 is 6.72. The van der Waals surface area contributed by atoms with Gasteiger partial charge < -0.3 is 19.7 Å². The predicted molar refractivity (Wildman–Crippen MR) is 158 cm³/mol. The van der Waals surface area contributed by atoms with Crippen LogP contribution >= 0.6 is 11.6 Å². The van der Waals surface area contributed by atoms with E-state index in [9.17, 15) is 24.4 Å². The van der Waals surface area contributed by atoms with E-state index in [1.54, 1.807) is 17.6 Å². The first-order valence-electron chi connectivity index (χ1n) is 14.2. The first-order valence-corrected chi connectivity index (χ1v) is 14.8. The monoisotopic (exact) mass is 595 g/mol. The van der Waals surface area contributed by atoms with Crippen molar-refractivity contribution in [3.05, 3.63) is 68.3 Å². The number of nitroso groups, excluding NO2 is 1. The number of nitrogens with zero attached hydrogens (tertiary/aromatic N) is 4. The molecule has 2 amide bonds. The number of ether oxygens (including phenoxy) is 1. The van der Waals surface area contributed by atoms with Gasteiger partial charge in [0.2, 0.25) is 0 Å². The summed E-state index contributed by atoms with van der Waals surface area (Å²) in [6, 6.07) is 11.3. The lowest BCUT2D eigenvalue weighted by molar-refractivity contribution is -0.172. The van der Waals surface area contributed by atoms with E-state index in [2.05, 4.69) is 17.5 Å². The Hall–Kier alpha value is -3.83. The molecular weight excluding hydrogens is 562 g/mol. The van der Waals surface area contributed by atoms with Crippen molar-refractivity contribution < 1.29 is 19.4 Å². The van der Waals surface area contributed by atoms with Gasteiger partial charge in [-0.25, -0.2) is 14.6 Å². The molecule has 1 atom stereocenters. The van der Waals surface area contributed by atoms with Gasteiger partial charge >= 0.3 is 12.0 Å². The number of esters is 1. The van der Waals surface area contributed by atoms with Crippen molar-refractivity contribution in [2.24, 2.45) is 11.2 Å². The Morgan fingerprint density at radius 2 is 1.98 bits per heavy atom. The van der Waals surface area contributed by atoms with Crippen LogP contribution in [0.25, 0.3) is 22.3 Å². The number of benzene rings is 1. The minimum Gasteiger partial charge on any atom is -0.458 e. The molecule has 12 heteroatoms. The van der Waals surface area contributed by atoms with Crippen LogP contribution in [0.5, 0.6) is 0 Å². The van der Waals surface area contributed by atoms with E-state index in [4.69, 9.17) is 21.3 Å². The minimum absolute atomic E-state index is 0.110. The van der Waals surface area contributed by atoms with Gasteiger partial charge in [-0.15, -0.1) is 16.5 Å². The highest BCUT2D eigenvalue weighted by molar-refractivity contribution is 6.18. The molecule has 1 saturated carbocycles. The number of pyridine rings is 2. The fourth-order valence-electron chi connectivity index (χ4n) is 5.84. The first-order chi connectivity index (χ1) is 20.2. The number of rotatable bonds is 5. The maximum absolute atomic E-state index is 13.0. The molecule has 0 bridgehead atoms. The third kappa shape index (κ3) is 5.50. The smallest absolute Gasteiger partial charge is 0.343 e. The number of cyclic esters (lactones) is 1. The number of fused-ring (bicyclic) bond motifs is 5. The van der Waals surface area contributed by atoms with Gasteiger partial charge in [0.1, 0.15) is 6.61 Å². The number of aliphatic hydroxyl groups is 1. The lowest BCUT2D eigenvalue weighted by Crippen LogP contribution is -2.44.